The Morgan fingerprint density at radius 2 is 2.29 bits per heavy atom. The highest BCUT2D eigenvalue weighted by Crippen LogP contribution is 2.09. The van der Waals surface area contributed by atoms with Crippen LogP contribution < -0.4 is 5.32 Å². The van der Waals surface area contributed by atoms with E-state index in [4.69, 9.17) is 0 Å². The molecule has 0 aliphatic rings. The first kappa shape index (κ1) is 12.3. The molecule has 0 fully saturated rings. The van der Waals surface area contributed by atoms with Gasteiger partial charge in [-0.25, -0.2) is 4.98 Å². The van der Waals surface area contributed by atoms with Crippen molar-refractivity contribution >= 4 is 11.3 Å². The summed E-state index contributed by atoms with van der Waals surface area (Å²) in [7, 11) is 0. The summed E-state index contributed by atoms with van der Waals surface area (Å²) in [5.41, 5.74) is 2.30. The van der Waals surface area contributed by atoms with Gasteiger partial charge in [-0.2, -0.15) is 5.10 Å². The molecule has 4 nitrogen and oxygen atoms in total. The molecular weight excluding hydrogens is 232 g/mol. The Kier molecular flexibility index (Phi) is 3.91. The first-order valence-corrected chi connectivity index (χ1v) is 6.67. The van der Waals surface area contributed by atoms with Gasteiger partial charge in [0.05, 0.1) is 23.4 Å². The molecule has 0 aromatic carbocycles. The summed E-state index contributed by atoms with van der Waals surface area (Å²) < 4.78 is 1.94. The van der Waals surface area contributed by atoms with Crippen LogP contribution in [0.15, 0.2) is 17.8 Å². The number of rotatable bonds is 5. The summed E-state index contributed by atoms with van der Waals surface area (Å²) in [5, 5.41) is 10.9. The molecule has 0 atom stereocenters. The zero-order chi connectivity index (χ0) is 12.3. The van der Waals surface area contributed by atoms with Crippen LogP contribution in [0.4, 0.5) is 0 Å². The van der Waals surface area contributed by atoms with Crippen LogP contribution in [0.25, 0.3) is 0 Å². The molecule has 2 aromatic rings. The lowest BCUT2D eigenvalue weighted by Crippen LogP contribution is -2.21. The van der Waals surface area contributed by atoms with E-state index in [1.165, 1.54) is 5.56 Å². The molecule has 0 saturated carbocycles. The molecule has 0 amide bonds. The Balaban J connectivity index is 1.94. The molecule has 2 rings (SSSR count). The van der Waals surface area contributed by atoms with Crippen LogP contribution in [0.1, 0.15) is 30.1 Å². The standard InChI is InChI=1S/C12H18N4S/c1-9(2)13-4-11-5-14-16(6-11)7-12-8-17-10(3)15-12/h5-6,8-9,13H,4,7H2,1-3H3. The Bertz CT molecular complexity index is 472. The minimum atomic E-state index is 0.500. The highest BCUT2D eigenvalue weighted by atomic mass is 32.1. The molecule has 0 bridgehead atoms. The van der Waals surface area contributed by atoms with E-state index in [0.29, 0.717) is 6.04 Å². The van der Waals surface area contributed by atoms with Gasteiger partial charge in [-0.05, 0) is 6.92 Å². The second kappa shape index (κ2) is 5.42. The third-order valence-corrected chi connectivity index (χ3v) is 3.21. The molecule has 2 aromatic heterocycles. The Hall–Kier alpha value is -1.20. The predicted molar refractivity (Wildman–Crippen MR) is 70.2 cm³/mol. The number of aryl methyl sites for hydroxylation is 1. The lowest BCUT2D eigenvalue weighted by atomic mass is 10.3. The van der Waals surface area contributed by atoms with E-state index in [0.717, 1.165) is 23.8 Å². The quantitative estimate of drug-likeness (QED) is 0.884. The summed E-state index contributed by atoms with van der Waals surface area (Å²) in [6.45, 7) is 7.93. The van der Waals surface area contributed by atoms with Crippen molar-refractivity contribution in [2.24, 2.45) is 0 Å². The molecule has 5 heteroatoms. The monoisotopic (exact) mass is 250 g/mol. The van der Waals surface area contributed by atoms with Crippen molar-refractivity contribution in [3.63, 3.8) is 0 Å². The van der Waals surface area contributed by atoms with E-state index >= 15 is 0 Å². The van der Waals surface area contributed by atoms with Gasteiger partial charge in [0.1, 0.15) is 0 Å². The number of hydrogen-bond acceptors (Lipinski definition) is 4. The molecule has 1 N–H and O–H groups in total. The average molecular weight is 250 g/mol. The topological polar surface area (TPSA) is 42.7 Å². The number of nitrogens with one attached hydrogen (secondary N) is 1. The van der Waals surface area contributed by atoms with E-state index in [1.807, 2.05) is 17.8 Å². The molecule has 0 radical (unpaired) electrons. The maximum Gasteiger partial charge on any atom is 0.0898 e. The van der Waals surface area contributed by atoms with Gasteiger partial charge in [0, 0.05) is 29.7 Å². The van der Waals surface area contributed by atoms with Gasteiger partial charge in [-0.15, -0.1) is 11.3 Å². The van der Waals surface area contributed by atoms with Crippen LogP contribution in [-0.4, -0.2) is 20.8 Å². The van der Waals surface area contributed by atoms with Crippen LogP contribution in [0.2, 0.25) is 0 Å². The summed E-state index contributed by atoms with van der Waals surface area (Å²) in [6, 6.07) is 0.500. The van der Waals surface area contributed by atoms with Crippen molar-refractivity contribution in [1.29, 1.82) is 0 Å². The zero-order valence-electron chi connectivity index (χ0n) is 10.5. The van der Waals surface area contributed by atoms with E-state index in [-0.39, 0.29) is 0 Å². The molecule has 2 heterocycles. The lowest BCUT2D eigenvalue weighted by molar-refractivity contribution is 0.588. The van der Waals surface area contributed by atoms with Gasteiger partial charge >= 0.3 is 0 Å². The van der Waals surface area contributed by atoms with Crippen LogP contribution in [0.5, 0.6) is 0 Å². The van der Waals surface area contributed by atoms with E-state index < -0.39 is 0 Å². The molecule has 17 heavy (non-hydrogen) atoms. The number of hydrogen-bond donors (Lipinski definition) is 1. The first-order valence-electron chi connectivity index (χ1n) is 5.79. The molecular formula is C12H18N4S. The van der Waals surface area contributed by atoms with Gasteiger partial charge in [0.25, 0.3) is 0 Å². The van der Waals surface area contributed by atoms with Crippen molar-refractivity contribution in [2.45, 2.75) is 39.9 Å². The average Bonchev–Trinajstić information content (AvgIpc) is 2.86. The molecule has 0 aliphatic heterocycles. The summed E-state index contributed by atoms with van der Waals surface area (Å²) in [4.78, 5) is 4.43. The minimum Gasteiger partial charge on any atom is -0.310 e. The fourth-order valence-electron chi connectivity index (χ4n) is 1.55. The van der Waals surface area contributed by atoms with Crippen LogP contribution in [0.3, 0.4) is 0 Å². The van der Waals surface area contributed by atoms with Crippen molar-refractivity contribution in [3.05, 3.63) is 34.0 Å². The third-order valence-electron chi connectivity index (χ3n) is 2.39. The highest BCUT2D eigenvalue weighted by Gasteiger charge is 2.03. The minimum absolute atomic E-state index is 0.500. The fraction of sp³-hybridized carbons (Fsp3) is 0.500. The predicted octanol–water partition coefficient (Wildman–Crippen LogP) is 2.19. The number of aromatic nitrogens is 3. The van der Waals surface area contributed by atoms with Gasteiger partial charge in [-0.3, -0.25) is 4.68 Å². The normalized spacial score (nSPS) is 11.3. The second-order valence-electron chi connectivity index (χ2n) is 4.44. The highest BCUT2D eigenvalue weighted by molar-refractivity contribution is 7.09. The van der Waals surface area contributed by atoms with Gasteiger partial charge < -0.3 is 5.32 Å². The molecule has 92 valence electrons. The molecule has 0 saturated heterocycles. The summed E-state index contributed by atoms with van der Waals surface area (Å²) in [6.07, 6.45) is 3.98. The maximum atomic E-state index is 4.43. The molecule has 0 spiro atoms. The Labute approximate surface area is 106 Å². The van der Waals surface area contributed by atoms with Crippen LogP contribution in [0, 0.1) is 6.92 Å². The van der Waals surface area contributed by atoms with Crippen LogP contribution >= 0.6 is 11.3 Å². The van der Waals surface area contributed by atoms with E-state index in [2.05, 4.69) is 40.8 Å². The largest absolute Gasteiger partial charge is 0.310 e. The summed E-state index contributed by atoms with van der Waals surface area (Å²) in [5.74, 6) is 0. The maximum absolute atomic E-state index is 4.43. The van der Waals surface area contributed by atoms with Crippen LogP contribution in [-0.2, 0) is 13.1 Å². The van der Waals surface area contributed by atoms with Crippen molar-refractivity contribution in [1.82, 2.24) is 20.1 Å². The first-order chi connectivity index (χ1) is 8.13. The van der Waals surface area contributed by atoms with Gasteiger partial charge in [0.2, 0.25) is 0 Å². The van der Waals surface area contributed by atoms with Gasteiger partial charge in [0.15, 0.2) is 0 Å². The zero-order valence-corrected chi connectivity index (χ0v) is 11.3. The molecule has 0 aliphatic carbocycles. The number of thiazole rings is 1. The Morgan fingerprint density at radius 1 is 1.47 bits per heavy atom. The van der Waals surface area contributed by atoms with E-state index in [1.54, 1.807) is 11.3 Å². The second-order valence-corrected chi connectivity index (χ2v) is 5.50. The summed E-state index contributed by atoms with van der Waals surface area (Å²) >= 11 is 1.68. The lowest BCUT2D eigenvalue weighted by Gasteiger charge is -2.05. The van der Waals surface area contributed by atoms with Gasteiger partial charge in [-0.1, -0.05) is 13.8 Å². The molecule has 0 unspecified atom stereocenters. The van der Waals surface area contributed by atoms with Crippen molar-refractivity contribution < 1.29 is 0 Å². The smallest absolute Gasteiger partial charge is 0.0898 e. The SMILES string of the molecule is Cc1nc(Cn2cc(CNC(C)C)cn2)cs1. The Morgan fingerprint density at radius 3 is 2.94 bits per heavy atom. The fourth-order valence-corrected chi connectivity index (χ4v) is 2.16. The van der Waals surface area contributed by atoms with Crippen molar-refractivity contribution in [3.8, 4) is 0 Å². The van der Waals surface area contributed by atoms with E-state index in [9.17, 15) is 0 Å². The third kappa shape index (κ3) is 3.64. The number of nitrogens with zero attached hydrogens (tertiary/aromatic N) is 3. The van der Waals surface area contributed by atoms with Crippen molar-refractivity contribution in [2.75, 3.05) is 0 Å².